The van der Waals surface area contributed by atoms with Gasteiger partial charge in [-0.2, -0.15) is 5.26 Å². The molecular formula is C18H24N2O2. The van der Waals surface area contributed by atoms with E-state index in [0.29, 0.717) is 30.2 Å². The Morgan fingerprint density at radius 2 is 1.91 bits per heavy atom. The Morgan fingerprint density at radius 3 is 2.55 bits per heavy atom. The van der Waals surface area contributed by atoms with Gasteiger partial charge in [0.2, 0.25) is 5.91 Å². The van der Waals surface area contributed by atoms with Crippen molar-refractivity contribution in [2.75, 3.05) is 0 Å². The van der Waals surface area contributed by atoms with Crippen molar-refractivity contribution in [1.82, 2.24) is 4.90 Å². The number of rotatable bonds is 2. The van der Waals surface area contributed by atoms with Crippen LogP contribution in [0.3, 0.4) is 0 Å². The first-order valence-corrected chi connectivity index (χ1v) is 8.92. The molecule has 1 saturated heterocycles. The number of fused-ring (bicyclic) bond motifs is 1. The normalized spacial score (nSPS) is 54.2. The van der Waals surface area contributed by atoms with Gasteiger partial charge in [-0.15, -0.1) is 0 Å². The monoisotopic (exact) mass is 300 g/mol. The predicted molar refractivity (Wildman–Crippen MR) is 79.4 cm³/mol. The van der Waals surface area contributed by atoms with Gasteiger partial charge in [0.15, 0.2) is 0 Å². The van der Waals surface area contributed by atoms with E-state index in [4.69, 9.17) is 0 Å². The summed E-state index contributed by atoms with van der Waals surface area (Å²) in [4.78, 5) is 14.8. The van der Waals surface area contributed by atoms with Crippen LogP contribution in [0.2, 0.25) is 0 Å². The molecule has 0 aromatic heterocycles. The van der Waals surface area contributed by atoms with Gasteiger partial charge in [-0.25, -0.2) is 0 Å². The summed E-state index contributed by atoms with van der Waals surface area (Å²) in [5.74, 6) is 2.03. The second-order valence-electron chi connectivity index (χ2n) is 9.11. The fraction of sp³-hybridized carbons (Fsp3) is 0.889. The minimum atomic E-state index is -0.494. The van der Waals surface area contributed by atoms with Gasteiger partial charge < -0.3 is 10.0 Å². The lowest BCUT2D eigenvalue weighted by Crippen LogP contribution is -2.57. The van der Waals surface area contributed by atoms with Crippen molar-refractivity contribution in [3.8, 4) is 6.07 Å². The molecule has 5 atom stereocenters. The molecule has 5 saturated carbocycles. The summed E-state index contributed by atoms with van der Waals surface area (Å²) in [6.45, 7) is 0. The molecule has 118 valence electrons. The quantitative estimate of drug-likeness (QED) is 0.850. The third kappa shape index (κ3) is 1.81. The van der Waals surface area contributed by atoms with E-state index in [1.165, 1.54) is 6.42 Å². The molecule has 6 aliphatic rings. The Balaban J connectivity index is 1.37. The molecule has 1 aliphatic heterocycles. The van der Waals surface area contributed by atoms with Crippen LogP contribution in [0.4, 0.5) is 0 Å². The van der Waals surface area contributed by atoms with Crippen LogP contribution < -0.4 is 0 Å². The number of amides is 1. The molecule has 0 aromatic rings. The highest BCUT2D eigenvalue weighted by atomic mass is 16.3. The molecule has 0 spiro atoms. The van der Waals surface area contributed by atoms with Crippen molar-refractivity contribution < 1.29 is 9.90 Å². The largest absolute Gasteiger partial charge is 0.390 e. The van der Waals surface area contributed by atoms with Crippen LogP contribution >= 0.6 is 0 Å². The van der Waals surface area contributed by atoms with Crippen LogP contribution in [0, 0.1) is 34.5 Å². The summed E-state index contributed by atoms with van der Waals surface area (Å²) >= 11 is 0. The van der Waals surface area contributed by atoms with Crippen molar-refractivity contribution in [2.24, 2.45) is 23.2 Å². The van der Waals surface area contributed by atoms with Crippen molar-refractivity contribution in [2.45, 2.75) is 75.5 Å². The Bertz CT molecular complexity index is 566. The van der Waals surface area contributed by atoms with Crippen LogP contribution in [-0.2, 0) is 4.79 Å². The molecule has 1 amide bonds. The van der Waals surface area contributed by atoms with Crippen LogP contribution in [0.15, 0.2) is 0 Å². The first kappa shape index (κ1) is 13.4. The molecule has 22 heavy (non-hydrogen) atoms. The zero-order valence-electron chi connectivity index (χ0n) is 13.0. The first-order chi connectivity index (χ1) is 10.5. The van der Waals surface area contributed by atoms with E-state index >= 15 is 0 Å². The minimum Gasteiger partial charge on any atom is -0.390 e. The summed E-state index contributed by atoms with van der Waals surface area (Å²) in [7, 11) is 0. The standard InChI is InChI=1S/C18H24N2O2/c19-9-14-2-13-3-15(13)20(14)16(21)8-17-4-11-1-12(5-17)7-18(22,6-11)10-17/h11-15,22H,1-8,10H2/t11?,12?,13?,14-,15?,17?,18?/m0/s1. The molecule has 6 rings (SSSR count). The van der Waals surface area contributed by atoms with Crippen LogP contribution in [-0.4, -0.2) is 33.6 Å². The Kier molecular flexibility index (Phi) is 2.47. The summed E-state index contributed by atoms with van der Waals surface area (Å²) in [5, 5.41) is 20.1. The number of nitriles is 1. The van der Waals surface area contributed by atoms with Gasteiger partial charge in [0.1, 0.15) is 6.04 Å². The topological polar surface area (TPSA) is 64.3 Å². The second kappa shape index (κ2) is 4.06. The van der Waals surface area contributed by atoms with Gasteiger partial charge in [0, 0.05) is 12.5 Å². The summed E-state index contributed by atoms with van der Waals surface area (Å²) in [5.41, 5.74) is -0.463. The number of nitrogens with zero attached hydrogens (tertiary/aromatic N) is 2. The van der Waals surface area contributed by atoms with E-state index in [2.05, 4.69) is 6.07 Å². The third-order valence-electron chi connectivity index (χ3n) is 7.22. The zero-order chi connectivity index (χ0) is 15.1. The molecule has 4 nitrogen and oxygen atoms in total. The highest BCUT2D eigenvalue weighted by molar-refractivity contribution is 5.79. The lowest BCUT2D eigenvalue weighted by Gasteiger charge is -2.60. The van der Waals surface area contributed by atoms with Gasteiger partial charge in [0.05, 0.1) is 11.7 Å². The molecule has 4 unspecified atom stereocenters. The molecule has 1 heterocycles. The van der Waals surface area contributed by atoms with Gasteiger partial charge in [-0.3, -0.25) is 4.79 Å². The number of hydrogen-bond donors (Lipinski definition) is 1. The molecule has 5 aliphatic carbocycles. The van der Waals surface area contributed by atoms with Gasteiger partial charge >= 0.3 is 0 Å². The number of carbonyl (C=O) groups excluding carboxylic acids is 1. The maximum absolute atomic E-state index is 12.9. The highest BCUT2D eigenvalue weighted by Crippen LogP contribution is 2.63. The van der Waals surface area contributed by atoms with Crippen molar-refractivity contribution in [1.29, 1.82) is 5.26 Å². The fourth-order valence-electron chi connectivity index (χ4n) is 6.95. The average molecular weight is 300 g/mol. The number of aliphatic hydroxyl groups is 1. The molecule has 0 aromatic carbocycles. The Hall–Kier alpha value is -1.08. The summed E-state index contributed by atoms with van der Waals surface area (Å²) in [6.07, 6.45) is 8.78. The Labute approximate surface area is 131 Å². The lowest BCUT2D eigenvalue weighted by atomic mass is 9.47. The molecule has 1 N–H and O–H groups in total. The fourth-order valence-corrected chi connectivity index (χ4v) is 6.95. The van der Waals surface area contributed by atoms with Crippen molar-refractivity contribution >= 4 is 5.91 Å². The van der Waals surface area contributed by atoms with E-state index in [-0.39, 0.29) is 17.4 Å². The highest BCUT2D eigenvalue weighted by Gasteiger charge is 2.59. The number of carbonyl (C=O) groups is 1. The number of likely N-dealkylation sites (tertiary alicyclic amines) is 1. The van der Waals surface area contributed by atoms with Gasteiger partial charge in [-0.05, 0) is 74.5 Å². The molecular weight excluding hydrogens is 276 g/mol. The average Bonchev–Trinajstić information content (AvgIpc) is 3.05. The van der Waals surface area contributed by atoms with Crippen LogP contribution in [0.25, 0.3) is 0 Å². The SMILES string of the molecule is N#C[C@@H]1CC2CC2N1C(=O)CC12CC3CC(CC(O)(C3)C1)C2. The molecule has 6 fully saturated rings. The van der Waals surface area contributed by atoms with E-state index in [0.717, 1.165) is 44.9 Å². The first-order valence-electron chi connectivity index (χ1n) is 8.92. The van der Waals surface area contributed by atoms with Gasteiger partial charge in [0.25, 0.3) is 0 Å². The summed E-state index contributed by atoms with van der Waals surface area (Å²) < 4.78 is 0. The smallest absolute Gasteiger partial charge is 0.224 e. The maximum atomic E-state index is 12.9. The van der Waals surface area contributed by atoms with Crippen molar-refractivity contribution in [3.05, 3.63) is 0 Å². The number of hydrogen-bond acceptors (Lipinski definition) is 3. The van der Waals surface area contributed by atoms with E-state index < -0.39 is 5.60 Å². The van der Waals surface area contributed by atoms with Gasteiger partial charge in [-0.1, -0.05) is 0 Å². The van der Waals surface area contributed by atoms with E-state index in [9.17, 15) is 15.2 Å². The Morgan fingerprint density at radius 1 is 1.18 bits per heavy atom. The van der Waals surface area contributed by atoms with Crippen LogP contribution in [0.1, 0.15) is 57.8 Å². The lowest BCUT2D eigenvalue weighted by molar-refractivity contribution is -0.172. The van der Waals surface area contributed by atoms with Crippen LogP contribution in [0.5, 0.6) is 0 Å². The van der Waals surface area contributed by atoms with E-state index in [1.807, 2.05) is 4.90 Å². The molecule has 4 heteroatoms. The zero-order valence-corrected chi connectivity index (χ0v) is 13.0. The second-order valence-corrected chi connectivity index (χ2v) is 9.11. The molecule has 0 radical (unpaired) electrons. The number of piperidine rings is 1. The molecule has 4 bridgehead atoms. The third-order valence-corrected chi connectivity index (χ3v) is 7.22. The maximum Gasteiger partial charge on any atom is 0.224 e. The predicted octanol–water partition coefficient (Wildman–Crippen LogP) is 2.22. The van der Waals surface area contributed by atoms with Crippen molar-refractivity contribution in [3.63, 3.8) is 0 Å². The van der Waals surface area contributed by atoms with E-state index in [1.54, 1.807) is 0 Å². The summed E-state index contributed by atoms with van der Waals surface area (Å²) in [6, 6.07) is 2.50. The minimum absolute atomic E-state index is 0.0307.